The topological polar surface area (TPSA) is 91.0 Å². The van der Waals surface area contributed by atoms with Crippen LogP contribution in [0.25, 0.3) is 5.65 Å². The van der Waals surface area contributed by atoms with Crippen LogP contribution in [0.15, 0.2) is 12.1 Å². The monoisotopic (exact) mass is 304 g/mol. The van der Waals surface area contributed by atoms with Crippen molar-refractivity contribution in [3.63, 3.8) is 0 Å². The Balaban J connectivity index is 1.90. The summed E-state index contributed by atoms with van der Waals surface area (Å²) in [6, 6.07) is 3.56. The number of likely N-dealkylation sites (tertiary alicyclic amines) is 1. The normalized spacial score (nSPS) is 22.3. The highest BCUT2D eigenvalue weighted by molar-refractivity contribution is 5.93. The summed E-state index contributed by atoms with van der Waals surface area (Å²) in [5.41, 5.74) is 1.51. The van der Waals surface area contributed by atoms with Gasteiger partial charge < -0.3 is 15.1 Å². The number of rotatable bonds is 2. The Bertz CT molecular complexity index is 727. The summed E-state index contributed by atoms with van der Waals surface area (Å²) < 4.78 is 1.64. The van der Waals surface area contributed by atoms with Crippen molar-refractivity contribution in [2.75, 3.05) is 19.7 Å². The second kappa shape index (κ2) is 5.33. The van der Waals surface area contributed by atoms with Gasteiger partial charge in [0.25, 0.3) is 5.91 Å². The molecule has 1 aliphatic rings. The van der Waals surface area contributed by atoms with Gasteiger partial charge in [0, 0.05) is 24.0 Å². The molecular formula is C15H20N4O3. The first kappa shape index (κ1) is 14.9. The van der Waals surface area contributed by atoms with Gasteiger partial charge in [-0.05, 0) is 32.8 Å². The molecule has 0 unspecified atom stereocenters. The maximum atomic E-state index is 12.6. The third-order valence-corrected chi connectivity index (χ3v) is 4.09. The van der Waals surface area contributed by atoms with Crippen LogP contribution in [0.3, 0.4) is 0 Å². The molecule has 0 saturated carbocycles. The van der Waals surface area contributed by atoms with Crippen LogP contribution < -0.4 is 0 Å². The van der Waals surface area contributed by atoms with Crippen LogP contribution in [0.4, 0.5) is 0 Å². The summed E-state index contributed by atoms with van der Waals surface area (Å²) in [4.78, 5) is 18.5. The Kier molecular flexibility index (Phi) is 3.62. The van der Waals surface area contributed by atoms with E-state index in [4.69, 9.17) is 0 Å². The van der Waals surface area contributed by atoms with E-state index < -0.39 is 5.60 Å². The molecule has 7 nitrogen and oxygen atoms in total. The summed E-state index contributed by atoms with van der Waals surface area (Å²) in [5, 5.41) is 23.8. The highest BCUT2D eigenvalue weighted by Crippen LogP contribution is 2.22. The number of aliphatic hydroxyl groups is 2. The Morgan fingerprint density at radius 2 is 2.18 bits per heavy atom. The molecule has 0 bridgehead atoms. The van der Waals surface area contributed by atoms with Crippen LogP contribution in [0.1, 0.15) is 34.7 Å². The van der Waals surface area contributed by atoms with E-state index in [2.05, 4.69) is 10.1 Å². The van der Waals surface area contributed by atoms with E-state index in [1.165, 1.54) is 0 Å². The van der Waals surface area contributed by atoms with Crippen molar-refractivity contribution in [1.29, 1.82) is 0 Å². The third kappa shape index (κ3) is 2.57. The van der Waals surface area contributed by atoms with Crippen LogP contribution in [0.5, 0.6) is 0 Å². The average molecular weight is 304 g/mol. The molecule has 3 rings (SSSR count). The zero-order chi connectivity index (χ0) is 15.9. The van der Waals surface area contributed by atoms with E-state index in [1.54, 1.807) is 15.5 Å². The summed E-state index contributed by atoms with van der Waals surface area (Å²) in [5.74, 6) is -0.242. The lowest BCUT2D eigenvalue weighted by Crippen LogP contribution is -2.52. The van der Waals surface area contributed by atoms with E-state index in [0.717, 1.165) is 11.4 Å². The van der Waals surface area contributed by atoms with E-state index >= 15 is 0 Å². The molecule has 0 aliphatic carbocycles. The van der Waals surface area contributed by atoms with Crippen molar-refractivity contribution < 1.29 is 15.0 Å². The second-order valence-corrected chi connectivity index (χ2v) is 6.05. The van der Waals surface area contributed by atoms with Crippen LogP contribution in [-0.4, -0.2) is 60.9 Å². The van der Waals surface area contributed by atoms with Gasteiger partial charge in [-0.2, -0.15) is 5.10 Å². The Labute approximate surface area is 128 Å². The first-order chi connectivity index (χ1) is 10.4. The van der Waals surface area contributed by atoms with Crippen molar-refractivity contribution in [3.05, 3.63) is 29.2 Å². The van der Waals surface area contributed by atoms with Crippen molar-refractivity contribution in [1.82, 2.24) is 19.5 Å². The van der Waals surface area contributed by atoms with E-state index in [0.29, 0.717) is 30.7 Å². The number of hydrogen-bond donors (Lipinski definition) is 2. The molecule has 118 valence electrons. The van der Waals surface area contributed by atoms with Gasteiger partial charge in [0.2, 0.25) is 0 Å². The highest BCUT2D eigenvalue weighted by atomic mass is 16.3. The standard InChI is InChI=1S/C15H20N4O3/c1-10-6-11(2)19-13(16-10)7-12(17-19)14(21)18-5-3-4-15(22,8-18)9-20/h6-7,20,22H,3-5,8-9H2,1-2H3/t15-/m1/s1. The minimum absolute atomic E-state index is 0.127. The van der Waals surface area contributed by atoms with Gasteiger partial charge in [0.15, 0.2) is 11.3 Å². The fourth-order valence-corrected chi connectivity index (χ4v) is 2.97. The fraction of sp³-hybridized carbons (Fsp3) is 0.533. The smallest absolute Gasteiger partial charge is 0.274 e. The number of carbonyl (C=O) groups is 1. The van der Waals surface area contributed by atoms with Crippen LogP contribution >= 0.6 is 0 Å². The SMILES string of the molecule is Cc1cc(C)n2nc(C(=O)N3CCC[C@](O)(CO)C3)cc2n1. The van der Waals surface area contributed by atoms with Crippen molar-refractivity contribution >= 4 is 11.6 Å². The summed E-state index contributed by atoms with van der Waals surface area (Å²) in [6.07, 6.45) is 1.16. The molecule has 1 saturated heterocycles. The van der Waals surface area contributed by atoms with Crippen molar-refractivity contribution in [3.8, 4) is 0 Å². The van der Waals surface area contributed by atoms with E-state index in [1.807, 2.05) is 19.9 Å². The number of aliphatic hydroxyl groups excluding tert-OH is 1. The molecule has 0 spiro atoms. The lowest BCUT2D eigenvalue weighted by molar-refractivity contribution is -0.0599. The molecule has 0 aromatic carbocycles. The molecule has 22 heavy (non-hydrogen) atoms. The lowest BCUT2D eigenvalue weighted by atomic mass is 9.93. The molecule has 1 atom stereocenters. The maximum absolute atomic E-state index is 12.6. The number of amides is 1. The number of aromatic nitrogens is 3. The predicted molar refractivity (Wildman–Crippen MR) is 79.6 cm³/mol. The van der Waals surface area contributed by atoms with Gasteiger partial charge in [0.05, 0.1) is 13.2 Å². The molecule has 2 aromatic heterocycles. The van der Waals surface area contributed by atoms with Crippen molar-refractivity contribution in [2.45, 2.75) is 32.3 Å². The number of carbonyl (C=O) groups excluding carboxylic acids is 1. The lowest BCUT2D eigenvalue weighted by Gasteiger charge is -2.37. The number of nitrogens with zero attached hydrogens (tertiary/aromatic N) is 4. The number of aryl methyl sites for hydroxylation is 2. The maximum Gasteiger partial charge on any atom is 0.274 e. The average Bonchev–Trinajstić information content (AvgIpc) is 2.90. The molecule has 0 radical (unpaired) electrons. The molecule has 2 N–H and O–H groups in total. The van der Waals surface area contributed by atoms with Crippen LogP contribution in [-0.2, 0) is 0 Å². The zero-order valence-electron chi connectivity index (χ0n) is 12.8. The van der Waals surface area contributed by atoms with Gasteiger partial charge in [-0.3, -0.25) is 4.79 Å². The second-order valence-electron chi connectivity index (χ2n) is 6.05. The first-order valence-electron chi connectivity index (χ1n) is 7.38. The fourth-order valence-electron chi connectivity index (χ4n) is 2.97. The molecule has 1 aliphatic heterocycles. The highest BCUT2D eigenvalue weighted by Gasteiger charge is 2.35. The molecule has 3 heterocycles. The molecule has 2 aromatic rings. The quantitative estimate of drug-likeness (QED) is 0.833. The van der Waals surface area contributed by atoms with Gasteiger partial charge in [-0.25, -0.2) is 9.50 Å². The zero-order valence-corrected chi connectivity index (χ0v) is 12.8. The molecule has 7 heteroatoms. The largest absolute Gasteiger partial charge is 0.393 e. The third-order valence-electron chi connectivity index (χ3n) is 4.09. The number of fused-ring (bicyclic) bond motifs is 1. The van der Waals surface area contributed by atoms with Crippen LogP contribution in [0.2, 0.25) is 0 Å². The summed E-state index contributed by atoms with van der Waals surface area (Å²) >= 11 is 0. The number of hydrogen-bond acceptors (Lipinski definition) is 5. The Hall–Kier alpha value is -1.99. The summed E-state index contributed by atoms with van der Waals surface area (Å²) in [6.45, 7) is 4.14. The van der Waals surface area contributed by atoms with E-state index in [9.17, 15) is 15.0 Å². The minimum atomic E-state index is -1.21. The van der Waals surface area contributed by atoms with Gasteiger partial charge >= 0.3 is 0 Å². The molecule has 1 fully saturated rings. The minimum Gasteiger partial charge on any atom is -0.393 e. The summed E-state index contributed by atoms with van der Waals surface area (Å²) in [7, 11) is 0. The van der Waals surface area contributed by atoms with Crippen molar-refractivity contribution in [2.24, 2.45) is 0 Å². The number of piperidine rings is 1. The van der Waals surface area contributed by atoms with Gasteiger partial charge in [-0.1, -0.05) is 0 Å². The molecule has 1 amide bonds. The molecular weight excluding hydrogens is 284 g/mol. The Morgan fingerprint density at radius 3 is 2.91 bits per heavy atom. The van der Waals surface area contributed by atoms with Crippen LogP contribution in [0, 0.1) is 13.8 Å². The van der Waals surface area contributed by atoms with Gasteiger partial charge in [-0.15, -0.1) is 0 Å². The van der Waals surface area contributed by atoms with E-state index in [-0.39, 0.29) is 19.1 Å². The first-order valence-corrected chi connectivity index (χ1v) is 7.38. The van der Waals surface area contributed by atoms with Gasteiger partial charge in [0.1, 0.15) is 5.60 Å². The predicted octanol–water partition coefficient (Wildman–Crippen LogP) is 0.306. The Morgan fingerprint density at radius 1 is 1.41 bits per heavy atom. The number of β-amino-alcohol motifs (C(OH)–C–C–N with tert-alkyl or cyclic N) is 1.